The molecular formula is C22H25N7O. The van der Waals surface area contributed by atoms with Crippen LogP contribution in [0.5, 0.6) is 0 Å². The smallest absolute Gasteiger partial charge is 0.225 e. The van der Waals surface area contributed by atoms with E-state index < -0.39 is 0 Å². The molecule has 3 aromatic heterocycles. The summed E-state index contributed by atoms with van der Waals surface area (Å²) in [5.41, 5.74) is 4.74. The lowest BCUT2D eigenvalue weighted by molar-refractivity contribution is -0.116. The lowest BCUT2D eigenvalue weighted by atomic mass is 10.1. The Morgan fingerprint density at radius 1 is 1.10 bits per heavy atom. The lowest BCUT2D eigenvalue weighted by Crippen LogP contribution is -2.15. The van der Waals surface area contributed by atoms with Gasteiger partial charge in [0.25, 0.3) is 0 Å². The van der Waals surface area contributed by atoms with Crippen LogP contribution >= 0.6 is 0 Å². The van der Waals surface area contributed by atoms with Crippen molar-refractivity contribution in [3.8, 4) is 11.5 Å². The molecule has 3 heterocycles. The van der Waals surface area contributed by atoms with Gasteiger partial charge in [-0.2, -0.15) is 14.9 Å². The second-order valence-electron chi connectivity index (χ2n) is 7.52. The number of nitrogens with one attached hydrogen (secondary N) is 1. The Balaban J connectivity index is 1.78. The first kappa shape index (κ1) is 19.8. The van der Waals surface area contributed by atoms with Crippen molar-refractivity contribution in [1.82, 2.24) is 29.5 Å². The lowest BCUT2D eigenvalue weighted by Gasteiger charge is -2.10. The Morgan fingerprint density at radius 2 is 1.93 bits per heavy atom. The second kappa shape index (κ2) is 8.06. The van der Waals surface area contributed by atoms with E-state index in [2.05, 4.69) is 58.4 Å². The number of hydrogen-bond acceptors (Lipinski definition) is 5. The van der Waals surface area contributed by atoms with Gasteiger partial charge < -0.3 is 5.32 Å². The average molecular weight is 403 g/mol. The van der Waals surface area contributed by atoms with Crippen molar-refractivity contribution in [1.29, 1.82) is 0 Å². The van der Waals surface area contributed by atoms with E-state index >= 15 is 0 Å². The number of carbonyl (C=O) groups is 1. The number of fused-ring (bicyclic) bond motifs is 1. The highest BCUT2D eigenvalue weighted by Gasteiger charge is 2.18. The van der Waals surface area contributed by atoms with Crippen LogP contribution in [0.25, 0.3) is 22.5 Å². The van der Waals surface area contributed by atoms with Crippen molar-refractivity contribution >= 4 is 22.8 Å². The van der Waals surface area contributed by atoms with E-state index in [1.807, 2.05) is 23.7 Å². The van der Waals surface area contributed by atoms with Gasteiger partial charge in [0, 0.05) is 12.5 Å². The van der Waals surface area contributed by atoms with Crippen molar-refractivity contribution in [3.05, 3.63) is 53.6 Å². The van der Waals surface area contributed by atoms with E-state index in [0.29, 0.717) is 23.7 Å². The molecule has 0 aliphatic rings. The Morgan fingerprint density at radius 3 is 2.70 bits per heavy atom. The molecule has 154 valence electrons. The van der Waals surface area contributed by atoms with Gasteiger partial charge >= 0.3 is 0 Å². The van der Waals surface area contributed by atoms with Gasteiger partial charge in [0.2, 0.25) is 5.91 Å². The maximum atomic E-state index is 12.3. The molecule has 4 rings (SSSR count). The molecule has 0 spiro atoms. The zero-order valence-corrected chi connectivity index (χ0v) is 17.7. The Kier molecular flexibility index (Phi) is 5.31. The Hall–Kier alpha value is -3.55. The first-order chi connectivity index (χ1) is 14.5. The Labute approximate surface area is 175 Å². The van der Waals surface area contributed by atoms with Crippen LogP contribution in [0.4, 0.5) is 5.82 Å². The average Bonchev–Trinajstić information content (AvgIpc) is 3.29. The molecule has 0 radical (unpaired) electrons. The zero-order valence-electron chi connectivity index (χ0n) is 17.7. The van der Waals surface area contributed by atoms with Crippen molar-refractivity contribution < 1.29 is 4.79 Å². The molecule has 1 aromatic carbocycles. The minimum Gasteiger partial charge on any atom is -0.311 e. The van der Waals surface area contributed by atoms with Crippen LogP contribution in [0.1, 0.15) is 43.0 Å². The predicted octanol–water partition coefficient (Wildman–Crippen LogP) is 4.06. The summed E-state index contributed by atoms with van der Waals surface area (Å²) in [4.78, 5) is 21.2. The summed E-state index contributed by atoms with van der Waals surface area (Å²) in [5.74, 6) is 1.14. The summed E-state index contributed by atoms with van der Waals surface area (Å²) in [5, 5.41) is 12.8. The minimum atomic E-state index is -0.0331. The van der Waals surface area contributed by atoms with Crippen LogP contribution in [-0.4, -0.2) is 35.4 Å². The van der Waals surface area contributed by atoms with Crippen molar-refractivity contribution in [3.63, 3.8) is 0 Å². The van der Waals surface area contributed by atoms with Crippen LogP contribution in [0.3, 0.4) is 0 Å². The minimum absolute atomic E-state index is 0.0331. The third-order valence-corrected chi connectivity index (χ3v) is 4.98. The highest BCUT2D eigenvalue weighted by atomic mass is 16.1. The SMILES string of the molecule is CCCCC(=O)Nc1cc(C)nn1-c1ncnc2c1cnn2-c1ccc(C)cc1C. The van der Waals surface area contributed by atoms with E-state index in [1.54, 1.807) is 10.9 Å². The molecule has 8 heteroatoms. The molecule has 0 saturated carbocycles. The molecule has 0 fully saturated rings. The van der Waals surface area contributed by atoms with Crippen molar-refractivity contribution in [2.24, 2.45) is 0 Å². The van der Waals surface area contributed by atoms with Gasteiger partial charge in [0.15, 0.2) is 11.5 Å². The van der Waals surface area contributed by atoms with E-state index in [-0.39, 0.29) is 5.91 Å². The summed E-state index contributed by atoms with van der Waals surface area (Å²) >= 11 is 0. The summed E-state index contributed by atoms with van der Waals surface area (Å²) in [6.45, 7) is 8.07. The fourth-order valence-corrected chi connectivity index (χ4v) is 3.51. The topological polar surface area (TPSA) is 90.5 Å². The first-order valence-electron chi connectivity index (χ1n) is 10.1. The summed E-state index contributed by atoms with van der Waals surface area (Å²) in [6.07, 6.45) is 5.53. The zero-order chi connectivity index (χ0) is 21.3. The number of hydrogen-bond donors (Lipinski definition) is 1. The summed E-state index contributed by atoms with van der Waals surface area (Å²) in [6, 6.07) is 8.05. The van der Waals surface area contributed by atoms with Gasteiger partial charge in [-0.25, -0.2) is 14.6 Å². The fraction of sp³-hybridized carbons (Fsp3) is 0.318. The van der Waals surface area contributed by atoms with Crippen LogP contribution in [0.15, 0.2) is 36.8 Å². The van der Waals surface area contributed by atoms with Gasteiger partial charge in [-0.1, -0.05) is 31.0 Å². The molecule has 0 atom stereocenters. The number of amides is 1. The third kappa shape index (κ3) is 3.68. The molecule has 0 aliphatic carbocycles. The molecule has 4 aromatic rings. The van der Waals surface area contributed by atoms with Crippen LogP contribution < -0.4 is 5.32 Å². The number of rotatable bonds is 6. The van der Waals surface area contributed by atoms with Crippen molar-refractivity contribution in [2.45, 2.75) is 47.0 Å². The van der Waals surface area contributed by atoms with Crippen LogP contribution in [0.2, 0.25) is 0 Å². The summed E-state index contributed by atoms with van der Waals surface area (Å²) < 4.78 is 3.46. The normalized spacial score (nSPS) is 11.2. The van der Waals surface area contributed by atoms with Gasteiger partial charge in [0.05, 0.1) is 23.0 Å². The predicted molar refractivity (Wildman–Crippen MR) is 116 cm³/mol. The molecule has 1 amide bonds. The standard InChI is InChI=1S/C22H25N7O/c1-5-6-7-20(30)26-19-11-16(4)27-29(19)22-17-12-25-28(21(17)23-13-24-22)18-9-8-14(2)10-15(18)3/h8-13H,5-7H2,1-4H3,(H,26,30). The number of unbranched alkanes of at least 4 members (excludes halogenated alkanes) is 1. The monoisotopic (exact) mass is 403 g/mol. The van der Waals surface area contributed by atoms with Gasteiger partial charge in [-0.15, -0.1) is 0 Å². The summed E-state index contributed by atoms with van der Waals surface area (Å²) in [7, 11) is 0. The highest BCUT2D eigenvalue weighted by Crippen LogP contribution is 2.25. The highest BCUT2D eigenvalue weighted by molar-refractivity contribution is 5.91. The molecule has 1 N–H and O–H groups in total. The third-order valence-electron chi connectivity index (χ3n) is 4.98. The Bertz CT molecular complexity index is 1220. The quantitative estimate of drug-likeness (QED) is 0.524. The number of nitrogens with zero attached hydrogens (tertiary/aromatic N) is 6. The van der Waals surface area contributed by atoms with Crippen molar-refractivity contribution in [2.75, 3.05) is 5.32 Å². The largest absolute Gasteiger partial charge is 0.311 e. The van der Waals surface area contributed by atoms with Gasteiger partial charge in [-0.3, -0.25) is 4.79 Å². The van der Waals surface area contributed by atoms with Gasteiger partial charge in [0.1, 0.15) is 12.1 Å². The number of benzene rings is 1. The number of carbonyl (C=O) groups excluding carboxylic acids is 1. The van der Waals surface area contributed by atoms with E-state index in [1.165, 1.54) is 11.9 Å². The first-order valence-corrected chi connectivity index (χ1v) is 10.1. The molecule has 30 heavy (non-hydrogen) atoms. The molecule has 0 aliphatic heterocycles. The number of anilines is 1. The maximum absolute atomic E-state index is 12.3. The molecule has 0 unspecified atom stereocenters. The molecular weight excluding hydrogens is 378 g/mol. The second-order valence-corrected chi connectivity index (χ2v) is 7.52. The molecule has 0 bridgehead atoms. The number of aromatic nitrogens is 6. The number of aryl methyl sites for hydroxylation is 3. The van der Waals surface area contributed by atoms with E-state index in [4.69, 9.17) is 0 Å². The maximum Gasteiger partial charge on any atom is 0.225 e. The molecule has 0 saturated heterocycles. The van der Waals surface area contributed by atoms with Gasteiger partial charge in [-0.05, 0) is 38.8 Å². The van der Waals surface area contributed by atoms with Crippen LogP contribution in [0, 0.1) is 20.8 Å². The fourth-order valence-electron chi connectivity index (χ4n) is 3.51. The molecule has 8 nitrogen and oxygen atoms in total. The van der Waals surface area contributed by atoms with E-state index in [0.717, 1.165) is 35.2 Å². The van der Waals surface area contributed by atoms with E-state index in [9.17, 15) is 4.79 Å². The van der Waals surface area contributed by atoms with Crippen LogP contribution in [-0.2, 0) is 4.79 Å².